The van der Waals surface area contributed by atoms with E-state index in [9.17, 15) is 4.79 Å². The Morgan fingerprint density at radius 3 is 2.71 bits per heavy atom. The SMILES string of the molecule is Cl.Cn1ccnc1CC1CCCN(C(=O)c2ccc(CN)cc2)C1. The molecule has 0 spiro atoms. The van der Waals surface area contributed by atoms with Gasteiger partial charge >= 0.3 is 0 Å². The monoisotopic (exact) mass is 348 g/mol. The highest BCUT2D eigenvalue weighted by atomic mass is 35.5. The number of benzene rings is 1. The summed E-state index contributed by atoms with van der Waals surface area (Å²) in [7, 11) is 2.02. The van der Waals surface area contributed by atoms with Crippen molar-refractivity contribution in [2.45, 2.75) is 25.8 Å². The molecule has 1 aliphatic heterocycles. The van der Waals surface area contributed by atoms with Crippen LogP contribution in [0.1, 0.15) is 34.6 Å². The number of piperidine rings is 1. The number of imidazole rings is 1. The summed E-state index contributed by atoms with van der Waals surface area (Å²) in [6.07, 6.45) is 6.95. The van der Waals surface area contributed by atoms with Crippen molar-refractivity contribution < 1.29 is 4.79 Å². The quantitative estimate of drug-likeness (QED) is 0.922. The molecule has 1 fully saturated rings. The zero-order valence-corrected chi connectivity index (χ0v) is 14.8. The largest absolute Gasteiger partial charge is 0.338 e. The highest BCUT2D eigenvalue weighted by molar-refractivity contribution is 5.94. The minimum Gasteiger partial charge on any atom is -0.338 e. The molecule has 6 heteroatoms. The lowest BCUT2D eigenvalue weighted by Crippen LogP contribution is -2.40. The van der Waals surface area contributed by atoms with Crippen molar-refractivity contribution in [1.82, 2.24) is 14.5 Å². The summed E-state index contributed by atoms with van der Waals surface area (Å²) in [5, 5.41) is 0. The number of nitrogens with two attached hydrogens (primary N) is 1. The van der Waals surface area contributed by atoms with Crippen LogP contribution in [0.15, 0.2) is 36.7 Å². The highest BCUT2D eigenvalue weighted by Crippen LogP contribution is 2.22. The number of hydrogen-bond donors (Lipinski definition) is 1. The maximum Gasteiger partial charge on any atom is 0.253 e. The molecule has 0 bridgehead atoms. The van der Waals surface area contributed by atoms with Crippen LogP contribution in [0, 0.1) is 5.92 Å². The van der Waals surface area contributed by atoms with E-state index in [0.717, 1.165) is 49.3 Å². The van der Waals surface area contributed by atoms with Crippen LogP contribution < -0.4 is 5.73 Å². The van der Waals surface area contributed by atoms with E-state index in [2.05, 4.69) is 9.55 Å². The maximum absolute atomic E-state index is 12.7. The molecule has 130 valence electrons. The average molecular weight is 349 g/mol. The third-order valence-electron chi connectivity index (χ3n) is 4.64. The number of amides is 1. The molecule has 3 rings (SSSR count). The number of carbonyl (C=O) groups is 1. The van der Waals surface area contributed by atoms with Crippen LogP contribution in [0.5, 0.6) is 0 Å². The number of nitrogens with zero attached hydrogens (tertiary/aromatic N) is 3. The first-order valence-electron chi connectivity index (χ1n) is 8.22. The molecule has 1 aromatic carbocycles. The third-order valence-corrected chi connectivity index (χ3v) is 4.64. The lowest BCUT2D eigenvalue weighted by Gasteiger charge is -2.32. The van der Waals surface area contributed by atoms with Crippen LogP contribution in [-0.4, -0.2) is 33.4 Å². The normalized spacial score (nSPS) is 17.4. The molecule has 0 radical (unpaired) electrons. The zero-order valence-electron chi connectivity index (χ0n) is 14.0. The van der Waals surface area contributed by atoms with Crippen LogP contribution in [-0.2, 0) is 20.0 Å². The van der Waals surface area contributed by atoms with Gasteiger partial charge in [-0.2, -0.15) is 0 Å². The van der Waals surface area contributed by atoms with Gasteiger partial charge in [0, 0.05) is 51.1 Å². The molecule has 1 unspecified atom stereocenters. The topological polar surface area (TPSA) is 64.2 Å². The summed E-state index contributed by atoms with van der Waals surface area (Å²) < 4.78 is 2.06. The Hall–Kier alpha value is -1.85. The summed E-state index contributed by atoms with van der Waals surface area (Å²) in [5.41, 5.74) is 7.41. The Kier molecular flexibility index (Phi) is 6.40. The Labute approximate surface area is 149 Å². The number of halogens is 1. The van der Waals surface area contributed by atoms with Crippen molar-refractivity contribution in [3.8, 4) is 0 Å². The summed E-state index contributed by atoms with van der Waals surface area (Å²) in [5.74, 6) is 1.70. The zero-order chi connectivity index (χ0) is 16.2. The molecule has 1 atom stereocenters. The van der Waals surface area contributed by atoms with E-state index in [1.807, 2.05) is 48.6 Å². The van der Waals surface area contributed by atoms with Crippen LogP contribution in [0.25, 0.3) is 0 Å². The van der Waals surface area contributed by atoms with Gasteiger partial charge in [0.15, 0.2) is 0 Å². The molecule has 24 heavy (non-hydrogen) atoms. The van der Waals surface area contributed by atoms with Crippen molar-refractivity contribution in [3.05, 3.63) is 53.6 Å². The minimum absolute atomic E-state index is 0. The molecule has 2 N–H and O–H groups in total. The van der Waals surface area contributed by atoms with E-state index in [1.54, 1.807) is 0 Å². The van der Waals surface area contributed by atoms with E-state index in [-0.39, 0.29) is 18.3 Å². The fourth-order valence-electron chi connectivity index (χ4n) is 3.23. The Bertz CT molecular complexity index is 668. The summed E-state index contributed by atoms with van der Waals surface area (Å²) in [4.78, 5) is 19.1. The molecular formula is C18H25ClN4O. The molecule has 0 saturated carbocycles. The van der Waals surface area contributed by atoms with Gasteiger partial charge in [0.05, 0.1) is 0 Å². The molecule has 1 aromatic heterocycles. The van der Waals surface area contributed by atoms with Gasteiger partial charge in [-0.15, -0.1) is 12.4 Å². The minimum atomic E-state index is 0. The van der Waals surface area contributed by atoms with E-state index in [0.29, 0.717) is 12.5 Å². The first-order valence-corrected chi connectivity index (χ1v) is 8.22. The van der Waals surface area contributed by atoms with Crippen LogP contribution >= 0.6 is 12.4 Å². The Balaban J connectivity index is 0.00000208. The number of aryl methyl sites for hydroxylation is 1. The molecule has 5 nitrogen and oxygen atoms in total. The summed E-state index contributed by atoms with van der Waals surface area (Å²) in [6, 6.07) is 7.63. The van der Waals surface area contributed by atoms with Crippen molar-refractivity contribution in [3.63, 3.8) is 0 Å². The van der Waals surface area contributed by atoms with Gasteiger partial charge in [-0.1, -0.05) is 12.1 Å². The molecular weight excluding hydrogens is 324 g/mol. The second-order valence-corrected chi connectivity index (χ2v) is 6.32. The van der Waals surface area contributed by atoms with E-state index in [1.165, 1.54) is 0 Å². The standard InChI is InChI=1S/C18H24N4O.ClH/c1-21-10-8-20-17(21)11-15-3-2-9-22(13-15)18(23)16-6-4-14(12-19)5-7-16;/h4-8,10,15H,2-3,9,11-13,19H2,1H3;1H. The van der Waals surface area contributed by atoms with Gasteiger partial charge in [-0.3, -0.25) is 4.79 Å². The first-order chi connectivity index (χ1) is 11.2. The van der Waals surface area contributed by atoms with Gasteiger partial charge in [-0.05, 0) is 36.5 Å². The molecule has 1 aliphatic rings. The third kappa shape index (κ3) is 4.16. The maximum atomic E-state index is 12.7. The fraction of sp³-hybridized carbons (Fsp3) is 0.444. The first kappa shape index (κ1) is 18.5. The number of likely N-dealkylation sites (tertiary alicyclic amines) is 1. The predicted molar refractivity (Wildman–Crippen MR) is 97.1 cm³/mol. The van der Waals surface area contributed by atoms with E-state index < -0.39 is 0 Å². The van der Waals surface area contributed by atoms with Crippen molar-refractivity contribution in [1.29, 1.82) is 0 Å². The molecule has 1 amide bonds. The second kappa shape index (κ2) is 8.31. The van der Waals surface area contributed by atoms with Gasteiger partial charge in [-0.25, -0.2) is 4.98 Å². The highest BCUT2D eigenvalue weighted by Gasteiger charge is 2.25. The lowest BCUT2D eigenvalue weighted by molar-refractivity contribution is 0.0672. The van der Waals surface area contributed by atoms with E-state index >= 15 is 0 Å². The summed E-state index contributed by atoms with van der Waals surface area (Å²) >= 11 is 0. The average Bonchev–Trinajstić information content (AvgIpc) is 2.99. The van der Waals surface area contributed by atoms with Crippen LogP contribution in [0.4, 0.5) is 0 Å². The van der Waals surface area contributed by atoms with Crippen molar-refractivity contribution >= 4 is 18.3 Å². The van der Waals surface area contributed by atoms with Gasteiger partial charge < -0.3 is 15.2 Å². The fourth-order valence-corrected chi connectivity index (χ4v) is 3.23. The number of rotatable bonds is 4. The predicted octanol–water partition coefficient (Wildman–Crippen LogP) is 2.40. The van der Waals surface area contributed by atoms with Crippen molar-refractivity contribution in [2.75, 3.05) is 13.1 Å². The molecule has 1 saturated heterocycles. The lowest BCUT2D eigenvalue weighted by atomic mass is 9.94. The van der Waals surface area contributed by atoms with Crippen LogP contribution in [0.2, 0.25) is 0 Å². The molecule has 0 aliphatic carbocycles. The van der Waals surface area contributed by atoms with Crippen LogP contribution in [0.3, 0.4) is 0 Å². The number of aromatic nitrogens is 2. The smallest absolute Gasteiger partial charge is 0.253 e. The second-order valence-electron chi connectivity index (χ2n) is 6.32. The van der Waals surface area contributed by atoms with Crippen molar-refractivity contribution in [2.24, 2.45) is 18.7 Å². The number of hydrogen-bond acceptors (Lipinski definition) is 3. The van der Waals surface area contributed by atoms with Gasteiger partial charge in [0.1, 0.15) is 5.82 Å². The van der Waals surface area contributed by atoms with Gasteiger partial charge in [0.2, 0.25) is 0 Å². The Morgan fingerprint density at radius 2 is 2.08 bits per heavy atom. The molecule has 2 aromatic rings. The summed E-state index contributed by atoms with van der Waals surface area (Å²) in [6.45, 7) is 2.16. The Morgan fingerprint density at radius 1 is 1.33 bits per heavy atom. The number of carbonyl (C=O) groups excluding carboxylic acids is 1. The molecule has 2 heterocycles. The van der Waals surface area contributed by atoms with E-state index in [4.69, 9.17) is 5.73 Å². The van der Waals surface area contributed by atoms with Gasteiger partial charge in [0.25, 0.3) is 5.91 Å².